The van der Waals surface area contributed by atoms with E-state index in [-0.39, 0.29) is 0 Å². The lowest BCUT2D eigenvalue weighted by molar-refractivity contribution is 0.244. The molecule has 4 heteroatoms. The van der Waals surface area contributed by atoms with Crippen LogP contribution in [0.4, 0.5) is 0 Å². The summed E-state index contributed by atoms with van der Waals surface area (Å²) in [6.45, 7) is 0.826. The number of ether oxygens (including phenoxy) is 2. The Kier molecular flexibility index (Phi) is 6.48. The zero-order valence-electron chi connectivity index (χ0n) is 16.5. The van der Waals surface area contributed by atoms with E-state index in [9.17, 15) is 0 Å². The zero-order valence-corrected chi connectivity index (χ0v) is 16.5. The minimum absolute atomic E-state index is 0.381. The lowest BCUT2D eigenvalue weighted by Crippen LogP contribution is -2.04. The molecule has 0 spiro atoms. The highest BCUT2D eigenvalue weighted by atomic mass is 16.5. The average molecular weight is 394 g/mol. The first-order valence-corrected chi connectivity index (χ1v) is 9.81. The van der Waals surface area contributed by atoms with E-state index in [1.165, 1.54) is 0 Å². The Balaban J connectivity index is 1.53. The minimum atomic E-state index is 0.381. The highest BCUT2D eigenvalue weighted by Crippen LogP contribution is 2.27. The molecule has 4 aromatic rings. The van der Waals surface area contributed by atoms with E-state index in [1.807, 2.05) is 109 Å². The van der Waals surface area contributed by atoms with Gasteiger partial charge in [-0.15, -0.1) is 10.2 Å². The van der Waals surface area contributed by atoms with Gasteiger partial charge in [0.1, 0.15) is 13.2 Å². The molecular weight excluding hydrogens is 372 g/mol. The molecule has 30 heavy (non-hydrogen) atoms. The van der Waals surface area contributed by atoms with Gasteiger partial charge in [0, 0.05) is 6.07 Å². The maximum Gasteiger partial charge on any atom is 0.276 e. The molecular formula is C26H22N2O2. The predicted molar refractivity (Wildman–Crippen MR) is 119 cm³/mol. The van der Waals surface area contributed by atoms with Crippen LogP contribution in [0.5, 0.6) is 11.6 Å². The van der Waals surface area contributed by atoms with Gasteiger partial charge in [0.25, 0.3) is 5.88 Å². The smallest absolute Gasteiger partial charge is 0.276 e. The molecule has 148 valence electrons. The molecule has 0 aliphatic heterocycles. The van der Waals surface area contributed by atoms with Crippen molar-refractivity contribution in [2.75, 3.05) is 0 Å². The number of nitrogens with zero attached hydrogens (tertiary/aromatic N) is 2. The van der Waals surface area contributed by atoms with Gasteiger partial charge in [-0.25, -0.2) is 0 Å². The fourth-order valence-corrected chi connectivity index (χ4v) is 2.87. The van der Waals surface area contributed by atoms with Gasteiger partial charge in [-0.2, -0.15) is 0 Å². The summed E-state index contributed by atoms with van der Waals surface area (Å²) in [6.07, 6.45) is 3.91. The summed E-state index contributed by atoms with van der Waals surface area (Å²) in [5.74, 6) is 0.948. The van der Waals surface area contributed by atoms with Crippen LogP contribution >= 0.6 is 0 Å². The van der Waals surface area contributed by atoms with E-state index in [2.05, 4.69) is 10.2 Å². The second kappa shape index (κ2) is 10.0. The first-order chi connectivity index (χ1) is 14.9. The molecule has 0 aliphatic carbocycles. The predicted octanol–water partition coefficient (Wildman–Crippen LogP) is 5.81. The van der Waals surface area contributed by atoms with Gasteiger partial charge in [0.05, 0.1) is 5.69 Å². The van der Waals surface area contributed by atoms with E-state index in [1.54, 1.807) is 0 Å². The van der Waals surface area contributed by atoms with Gasteiger partial charge in [-0.1, -0.05) is 97.1 Å². The molecule has 0 N–H and O–H groups in total. The van der Waals surface area contributed by atoms with Crippen molar-refractivity contribution in [1.82, 2.24) is 10.2 Å². The van der Waals surface area contributed by atoms with Crippen molar-refractivity contribution >= 4 is 12.2 Å². The van der Waals surface area contributed by atoms with Crippen molar-refractivity contribution in [3.63, 3.8) is 0 Å². The highest BCUT2D eigenvalue weighted by molar-refractivity contribution is 5.68. The molecule has 4 nitrogen and oxygen atoms in total. The summed E-state index contributed by atoms with van der Waals surface area (Å²) in [5, 5.41) is 8.55. The van der Waals surface area contributed by atoms with E-state index in [4.69, 9.17) is 9.47 Å². The van der Waals surface area contributed by atoms with Gasteiger partial charge in [0.15, 0.2) is 5.75 Å². The van der Waals surface area contributed by atoms with Crippen molar-refractivity contribution in [1.29, 1.82) is 0 Å². The third kappa shape index (κ3) is 5.55. The summed E-state index contributed by atoms with van der Waals surface area (Å²) in [6, 6.07) is 31.9. The van der Waals surface area contributed by atoms with E-state index < -0.39 is 0 Å². The minimum Gasteiger partial charge on any atom is -0.483 e. The molecule has 1 heterocycles. The molecule has 0 aliphatic rings. The van der Waals surface area contributed by atoms with Gasteiger partial charge in [-0.05, 0) is 22.8 Å². The SMILES string of the molecule is C(=Cc1cc(OCc2ccccc2)c(OCc2ccccc2)nn1)c1ccccc1. The number of benzene rings is 3. The van der Waals surface area contributed by atoms with E-state index >= 15 is 0 Å². The molecule has 0 atom stereocenters. The van der Waals surface area contributed by atoms with E-state index in [0.717, 1.165) is 16.7 Å². The first-order valence-electron chi connectivity index (χ1n) is 9.81. The lowest BCUT2D eigenvalue weighted by Gasteiger charge is -2.12. The third-order valence-electron chi connectivity index (χ3n) is 4.45. The van der Waals surface area contributed by atoms with Crippen LogP contribution in [0.15, 0.2) is 97.1 Å². The van der Waals surface area contributed by atoms with Crippen LogP contribution in [-0.4, -0.2) is 10.2 Å². The maximum atomic E-state index is 6.04. The van der Waals surface area contributed by atoms with Crippen LogP contribution in [0.25, 0.3) is 12.2 Å². The number of aromatic nitrogens is 2. The summed E-state index contributed by atoms with van der Waals surface area (Å²) in [4.78, 5) is 0. The lowest BCUT2D eigenvalue weighted by atomic mass is 10.2. The molecule has 0 radical (unpaired) electrons. The zero-order chi connectivity index (χ0) is 20.4. The van der Waals surface area contributed by atoms with Crippen LogP contribution in [0.2, 0.25) is 0 Å². The second-order valence-corrected chi connectivity index (χ2v) is 6.73. The fraction of sp³-hybridized carbons (Fsp3) is 0.0769. The van der Waals surface area contributed by atoms with Gasteiger partial charge in [-0.3, -0.25) is 0 Å². The summed E-state index contributed by atoms with van der Waals surface area (Å²) < 4.78 is 11.9. The molecule has 0 fully saturated rings. The Labute approximate surface area is 176 Å². The average Bonchev–Trinajstić information content (AvgIpc) is 2.82. The van der Waals surface area contributed by atoms with E-state index in [0.29, 0.717) is 30.5 Å². The molecule has 0 saturated carbocycles. The van der Waals surface area contributed by atoms with Crippen LogP contribution < -0.4 is 9.47 Å². The van der Waals surface area contributed by atoms with Crippen molar-refractivity contribution in [2.24, 2.45) is 0 Å². The second-order valence-electron chi connectivity index (χ2n) is 6.73. The van der Waals surface area contributed by atoms with Crippen LogP contribution in [0.3, 0.4) is 0 Å². The van der Waals surface area contributed by atoms with Crippen molar-refractivity contribution in [2.45, 2.75) is 13.2 Å². The molecule has 0 bridgehead atoms. The van der Waals surface area contributed by atoms with Gasteiger partial charge >= 0.3 is 0 Å². The molecule has 0 unspecified atom stereocenters. The number of hydrogen-bond acceptors (Lipinski definition) is 4. The topological polar surface area (TPSA) is 44.2 Å². The van der Waals surface area contributed by atoms with Gasteiger partial charge in [0.2, 0.25) is 0 Å². The molecule has 0 saturated heterocycles. The number of hydrogen-bond donors (Lipinski definition) is 0. The largest absolute Gasteiger partial charge is 0.483 e. The standard InChI is InChI=1S/C26H22N2O2/c1-4-10-21(11-5-1)16-17-24-18-25(29-19-22-12-6-2-7-13-22)26(28-27-24)30-20-23-14-8-3-9-15-23/h1-18H,19-20H2. The summed E-state index contributed by atoms with van der Waals surface area (Å²) in [7, 11) is 0. The first kappa shape index (κ1) is 19.4. The van der Waals surface area contributed by atoms with Crippen LogP contribution in [0.1, 0.15) is 22.4 Å². The van der Waals surface area contributed by atoms with Crippen molar-refractivity contribution < 1.29 is 9.47 Å². The molecule has 1 aromatic heterocycles. The molecule has 4 rings (SSSR count). The Hall–Kier alpha value is -3.92. The third-order valence-corrected chi connectivity index (χ3v) is 4.45. The quantitative estimate of drug-likeness (QED) is 0.379. The maximum absolute atomic E-state index is 6.04. The molecule has 0 amide bonds. The Morgan fingerprint density at radius 2 is 1.17 bits per heavy atom. The van der Waals surface area contributed by atoms with Crippen molar-refractivity contribution in [3.8, 4) is 11.6 Å². The Morgan fingerprint density at radius 1 is 0.600 bits per heavy atom. The van der Waals surface area contributed by atoms with Gasteiger partial charge < -0.3 is 9.47 Å². The fourth-order valence-electron chi connectivity index (χ4n) is 2.87. The van der Waals surface area contributed by atoms with Crippen molar-refractivity contribution in [3.05, 3.63) is 119 Å². The Bertz CT molecular complexity index is 1080. The van der Waals surface area contributed by atoms with Crippen LogP contribution in [0, 0.1) is 0 Å². The van der Waals surface area contributed by atoms with Crippen LogP contribution in [-0.2, 0) is 13.2 Å². The monoisotopic (exact) mass is 394 g/mol. The highest BCUT2D eigenvalue weighted by Gasteiger charge is 2.10. The summed E-state index contributed by atoms with van der Waals surface area (Å²) in [5.41, 5.74) is 3.93. The summed E-state index contributed by atoms with van der Waals surface area (Å²) >= 11 is 0. The number of rotatable bonds is 8. The molecule has 3 aromatic carbocycles. The normalized spacial score (nSPS) is 10.8. The Morgan fingerprint density at radius 3 is 1.80 bits per heavy atom.